The van der Waals surface area contributed by atoms with Gasteiger partial charge in [0.15, 0.2) is 11.3 Å². The van der Waals surface area contributed by atoms with E-state index in [-0.39, 0.29) is 16.8 Å². The summed E-state index contributed by atoms with van der Waals surface area (Å²) in [7, 11) is 2.37. The Kier molecular flexibility index (Phi) is 4.60. The van der Waals surface area contributed by atoms with Gasteiger partial charge in [0, 0.05) is 16.1 Å². The van der Waals surface area contributed by atoms with Gasteiger partial charge in [-0.3, -0.25) is 4.57 Å². The highest BCUT2D eigenvalue weighted by atomic mass is 35.5. The highest BCUT2D eigenvalue weighted by Gasteiger charge is 2.32. The molecule has 0 aliphatic heterocycles. The molecule has 2 aromatic carbocycles. The number of halogens is 1. The van der Waals surface area contributed by atoms with E-state index in [2.05, 4.69) is 0 Å². The lowest BCUT2D eigenvalue weighted by Gasteiger charge is -2.11. The van der Waals surface area contributed by atoms with Crippen molar-refractivity contribution in [1.82, 2.24) is 4.57 Å². The Morgan fingerprint density at radius 1 is 0.931 bits per heavy atom. The third kappa shape index (κ3) is 2.87. The van der Waals surface area contributed by atoms with Crippen molar-refractivity contribution in [2.24, 2.45) is 0 Å². The Labute approximate surface area is 169 Å². The fourth-order valence-electron chi connectivity index (χ4n) is 3.34. The van der Waals surface area contributed by atoms with E-state index in [1.165, 1.54) is 18.8 Å². The molecule has 0 radical (unpaired) electrons. The quantitative estimate of drug-likeness (QED) is 0.474. The zero-order valence-electron chi connectivity index (χ0n) is 15.4. The van der Waals surface area contributed by atoms with E-state index >= 15 is 0 Å². The third-order valence-electron chi connectivity index (χ3n) is 4.58. The minimum absolute atomic E-state index is 0.0594. The maximum atomic E-state index is 12.7. The molecule has 0 atom stereocenters. The van der Waals surface area contributed by atoms with Gasteiger partial charge in [-0.1, -0.05) is 29.8 Å². The summed E-state index contributed by atoms with van der Waals surface area (Å²) in [5.74, 6) is -1.62. The number of fused-ring (bicyclic) bond motifs is 3. The van der Waals surface area contributed by atoms with Crippen LogP contribution in [0.3, 0.4) is 0 Å². The van der Waals surface area contributed by atoms with Gasteiger partial charge in [-0.2, -0.15) is 0 Å². The Balaban J connectivity index is 2.31. The van der Waals surface area contributed by atoms with Crippen LogP contribution in [-0.2, 0) is 9.47 Å². The number of rotatable bonds is 3. The van der Waals surface area contributed by atoms with Gasteiger partial charge in [0.05, 0.1) is 25.1 Å². The Hall–Kier alpha value is -3.58. The monoisotopic (exact) mass is 411 g/mol. The summed E-state index contributed by atoms with van der Waals surface area (Å²) in [6, 6.07) is 13.4. The Bertz CT molecular complexity index is 1330. The van der Waals surface area contributed by atoms with E-state index in [0.29, 0.717) is 27.0 Å². The summed E-state index contributed by atoms with van der Waals surface area (Å²) in [4.78, 5) is 37.8. The smallest absolute Gasteiger partial charge is 0.356 e. The van der Waals surface area contributed by atoms with Crippen LogP contribution in [0.25, 0.3) is 27.6 Å². The largest absolute Gasteiger partial charge is 0.465 e. The summed E-state index contributed by atoms with van der Waals surface area (Å²) in [5, 5.41) is 1.31. The van der Waals surface area contributed by atoms with Crippen molar-refractivity contribution < 1.29 is 23.5 Å². The molecule has 7 nitrogen and oxygen atoms in total. The van der Waals surface area contributed by atoms with Gasteiger partial charge in [0.1, 0.15) is 5.56 Å². The van der Waals surface area contributed by atoms with E-state index in [0.717, 1.165) is 0 Å². The van der Waals surface area contributed by atoms with Crippen LogP contribution in [0.2, 0.25) is 5.02 Å². The summed E-state index contributed by atoms with van der Waals surface area (Å²) < 4.78 is 16.8. The molecule has 0 fully saturated rings. The second-order valence-electron chi connectivity index (χ2n) is 6.13. The SMILES string of the molecule is COC(=O)c1c(C(=O)OC)n(-c2ccc(Cl)cc2)c2c1oc(=O)c1ccccc12. The van der Waals surface area contributed by atoms with Crippen molar-refractivity contribution in [3.63, 3.8) is 0 Å². The number of methoxy groups -OCH3 is 2. The molecular weight excluding hydrogens is 398 g/mol. The minimum atomic E-state index is -0.832. The van der Waals surface area contributed by atoms with Crippen molar-refractivity contribution in [3.05, 3.63) is 75.2 Å². The summed E-state index contributed by atoms with van der Waals surface area (Å²) >= 11 is 6.01. The fraction of sp³-hybridized carbons (Fsp3) is 0.0952. The molecule has 0 amide bonds. The molecule has 29 heavy (non-hydrogen) atoms. The van der Waals surface area contributed by atoms with Crippen molar-refractivity contribution in [2.75, 3.05) is 14.2 Å². The molecule has 8 heteroatoms. The van der Waals surface area contributed by atoms with Crippen molar-refractivity contribution in [2.45, 2.75) is 0 Å². The maximum Gasteiger partial charge on any atom is 0.356 e. The first-order valence-corrected chi connectivity index (χ1v) is 8.88. The third-order valence-corrected chi connectivity index (χ3v) is 4.83. The fourth-order valence-corrected chi connectivity index (χ4v) is 3.46. The average Bonchev–Trinajstić information content (AvgIpc) is 3.08. The number of benzene rings is 2. The number of hydrogen-bond acceptors (Lipinski definition) is 6. The van der Waals surface area contributed by atoms with E-state index in [9.17, 15) is 14.4 Å². The number of nitrogens with zero attached hydrogens (tertiary/aromatic N) is 1. The lowest BCUT2D eigenvalue weighted by atomic mass is 10.1. The molecule has 0 bridgehead atoms. The van der Waals surface area contributed by atoms with Crippen LogP contribution in [-0.4, -0.2) is 30.7 Å². The number of hydrogen-bond donors (Lipinski definition) is 0. The number of carbonyl (C=O) groups excluding carboxylic acids is 2. The second kappa shape index (κ2) is 7.10. The second-order valence-corrected chi connectivity index (χ2v) is 6.57. The highest BCUT2D eigenvalue weighted by molar-refractivity contribution is 6.30. The first kappa shape index (κ1) is 18.8. The van der Waals surface area contributed by atoms with Crippen LogP contribution in [0, 0.1) is 0 Å². The number of aromatic nitrogens is 1. The lowest BCUT2D eigenvalue weighted by Crippen LogP contribution is -2.15. The molecule has 0 aliphatic carbocycles. The maximum absolute atomic E-state index is 12.7. The van der Waals surface area contributed by atoms with E-state index in [1.807, 2.05) is 0 Å². The van der Waals surface area contributed by atoms with Crippen LogP contribution in [0.1, 0.15) is 20.8 Å². The van der Waals surface area contributed by atoms with Crippen LogP contribution >= 0.6 is 11.6 Å². The summed E-state index contributed by atoms with van der Waals surface area (Å²) in [5.41, 5.74) is -0.112. The van der Waals surface area contributed by atoms with Crippen molar-refractivity contribution >= 4 is 45.4 Å². The van der Waals surface area contributed by atoms with E-state index in [1.54, 1.807) is 48.5 Å². The average molecular weight is 412 g/mol. The van der Waals surface area contributed by atoms with E-state index in [4.69, 9.17) is 25.5 Å². The van der Waals surface area contributed by atoms with Gasteiger partial charge in [0.25, 0.3) is 0 Å². The molecule has 146 valence electrons. The van der Waals surface area contributed by atoms with Crippen LogP contribution in [0.5, 0.6) is 0 Å². The van der Waals surface area contributed by atoms with Gasteiger partial charge < -0.3 is 13.9 Å². The molecule has 0 unspecified atom stereocenters. The molecule has 2 heterocycles. The highest BCUT2D eigenvalue weighted by Crippen LogP contribution is 2.34. The van der Waals surface area contributed by atoms with Crippen molar-refractivity contribution in [3.8, 4) is 5.69 Å². The molecule has 4 rings (SSSR count). The zero-order valence-corrected chi connectivity index (χ0v) is 16.1. The molecule has 0 saturated carbocycles. The van der Waals surface area contributed by atoms with E-state index < -0.39 is 17.6 Å². The molecule has 0 N–H and O–H groups in total. The zero-order chi connectivity index (χ0) is 20.7. The van der Waals surface area contributed by atoms with Gasteiger partial charge >= 0.3 is 17.6 Å². The number of ether oxygens (including phenoxy) is 2. The molecule has 2 aromatic heterocycles. The molecule has 0 aliphatic rings. The predicted molar refractivity (Wildman–Crippen MR) is 107 cm³/mol. The van der Waals surface area contributed by atoms with Gasteiger partial charge in [-0.05, 0) is 30.3 Å². The summed E-state index contributed by atoms with van der Waals surface area (Å²) in [6.07, 6.45) is 0. The van der Waals surface area contributed by atoms with Crippen molar-refractivity contribution in [1.29, 1.82) is 0 Å². The van der Waals surface area contributed by atoms with Crippen LogP contribution in [0.4, 0.5) is 0 Å². The van der Waals surface area contributed by atoms with Crippen LogP contribution < -0.4 is 5.63 Å². The van der Waals surface area contributed by atoms with Gasteiger partial charge in [0.2, 0.25) is 0 Å². The van der Waals surface area contributed by atoms with Gasteiger partial charge in [-0.25, -0.2) is 14.4 Å². The Morgan fingerprint density at radius 3 is 2.17 bits per heavy atom. The molecule has 4 aromatic rings. The van der Waals surface area contributed by atoms with Crippen LogP contribution in [0.15, 0.2) is 57.7 Å². The number of esters is 2. The molecular formula is C21H14ClNO6. The Morgan fingerprint density at radius 2 is 1.55 bits per heavy atom. The minimum Gasteiger partial charge on any atom is -0.465 e. The number of carbonyl (C=O) groups is 2. The normalized spacial score (nSPS) is 11.0. The first-order chi connectivity index (χ1) is 14.0. The standard InChI is InChI=1S/C21H14ClNO6/c1-27-20(25)15-17(21(26)28-2)23(12-9-7-11(22)8-10-12)16-13-5-3-4-6-14(13)19(24)29-18(15)16/h3-10H,1-2H3. The van der Waals surface area contributed by atoms with Gasteiger partial charge in [-0.15, -0.1) is 0 Å². The topological polar surface area (TPSA) is 87.7 Å². The summed E-state index contributed by atoms with van der Waals surface area (Å²) in [6.45, 7) is 0. The first-order valence-electron chi connectivity index (χ1n) is 8.50. The predicted octanol–water partition coefficient (Wildman–Crippen LogP) is 3.96. The lowest BCUT2D eigenvalue weighted by molar-refractivity contribution is 0.0550. The molecule has 0 saturated heterocycles. The molecule has 0 spiro atoms.